The molecule has 0 bridgehead atoms. The number of nitrogens with zero attached hydrogens (tertiary/aromatic N) is 1. The van der Waals surface area contributed by atoms with E-state index in [0.29, 0.717) is 12.0 Å². The lowest BCUT2D eigenvalue weighted by Crippen LogP contribution is -2.27. The van der Waals surface area contributed by atoms with Gasteiger partial charge in [-0.3, -0.25) is 0 Å². The predicted octanol–water partition coefficient (Wildman–Crippen LogP) is 5.85. The normalized spacial score (nSPS) is 23.6. The number of benzene rings is 1. The van der Waals surface area contributed by atoms with E-state index in [0.717, 1.165) is 20.7 Å². The second-order valence-electron chi connectivity index (χ2n) is 6.22. The van der Waals surface area contributed by atoms with Gasteiger partial charge in [0.25, 0.3) is 0 Å². The van der Waals surface area contributed by atoms with Gasteiger partial charge in [0.05, 0.1) is 11.0 Å². The second kappa shape index (κ2) is 5.64. The smallest absolute Gasteiger partial charge is 0.178 e. The number of nitrogens with one attached hydrogen (secondary N) is 1. The summed E-state index contributed by atoms with van der Waals surface area (Å²) in [6.07, 6.45) is 5.26. The second-order valence-corrected chi connectivity index (χ2v) is 7.52. The zero-order chi connectivity index (χ0) is 14.3. The third-order valence-electron chi connectivity index (χ3n) is 4.65. The van der Waals surface area contributed by atoms with E-state index in [4.69, 9.17) is 12.2 Å². The van der Waals surface area contributed by atoms with Crippen LogP contribution in [0.1, 0.15) is 45.6 Å². The fraction of sp³-hybridized carbons (Fsp3) is 0.562. The molecule has 1 saturated carbocycles. The first-order valence-corrected chi connectivity index (χ1v) is 8.68. The predicted molar refractivity (Wildman–Crippen MR) is 90.7 cm³/mol. The highest BCUT2D eigenvalue weighted by Crippen LogP contribution is 2.40. The lowest BCUT2D eigenvalue weighted by atomic mass is 9.77. The summed E-state index contributed by atoms with van der Waals surface area (Å²) < 4.78 is 4.34. The molecule has 3 rings (SSSR count). The zero-order valence-electron chi connectivity index (χ0n) is 12.0. The molecule has 4 heteroatoms. The van der Waals surface area contributed by atoms with Gasteiger partial charge in [-0.25, -0.2) is 0 Å². The molecule has 2 nitrogen and oxygen atoms in total. The Labute approximate surface area is 133 Å². The van der Waals surface area contributed by atoms with E-state index in [-0.39, 0.29) is 0 Å². The van der Waals surface area contributed by atoms with Crippen molar-refractivity contribution in [2.75, 3.05) is 0 Å². The van der Waals surface area contributed by atoms with Gasteiger partial charge < -0.3 is 9.55 Å². The van der Waals surface area contributed by atoms with E-state index >= 15 is 0 Å². The monoisotopic (exact) mass is 352 g/mol. The average molecular weight is 353 g/mol. The van der Waals surface area contributed by atoms with Gasteiger partial charge in [-0.15, -0.1) is 0 Å². The summed E-state index contributed by atoms with van der Waals surface area (Å²) in [6, 6.07) is 6.95. The molecule has 2 aromatic rings. The maximum absolute atomic E-state index is 5.61. The standard InChI is InChI=1S/C16H21BrN2S/c1-10(2)12-5-3-4-6-14(12)19-15-8-7-11(17)9-13(15)18-16(19)20/h7-10,12,14H,3-6H2,1-2H3,(H,18,20). The van der Waals surface area contributed by atoms with Gasteiger partial charge >= 0.3 is 0 Å². The molecule has 0 aliphatic heterocycles. The Hall–Kier alpha value is -0.610. The van der Waals surface area contributed by atoms with Crippen LogP contribution < -0.4 is 0 Å². The van der Waals surface area contributed by atoms with Crippen molar-refractivity contribution < 1.29 is 0 Å². The van der Waals surface area contributed by atoms with Gasteiger partial charge in [0.2, 0.25) is 0 Å². The van der Waals surface area contributed by atoms with Crippen molar-refractivity contribution in [3.8, 4) is 0 Å². The highest BCUT2D eigenvalue weighted by Gasteiger charge is 2.30. The molecule has 1 fully saturated rings. The molecule has 1 aromatic heterocycles. The molecule has 108 valence electrons. The van der Waals surface area contributed by atoms with E-state index in [1.54, 1.807) is 0 Å². The van der Waals surface area contributed by atoms with Crippen molar-refractivity contribution in [3.05, 3.63) is 27.4 Å². The lowest BCUT2D eigenvalue weighted by Gasteiger charge is -2.35. The van der Waals surface area contributed by atoms with E-state index in [1.807, 2.05) is 0 Å². The minimum atomic E-state index is 0.547. The zero-order valence-corrected chi connectivity index (χ0v) is 14.4. The molecule has 2 atom stereocenters. The SMILES string of the molecule is CC(C)C1CCCCC1n1c(=S)[nH]c2cc(Br)ccc21. The van der Waals surface area contributed by atoms with Crippen LogP contribution in [-0.2, 0) is 0 Å². The fourth-order valence-corrected chi connectivity index (χ4v) is 4.38. The number of fused-ring (bicyclic) bond motifs is 1. The van der Waals surface area contributed by atoms with Crippen molar-refractivity contribution in [2.24, 2.45) is 11.8 Å². The number of rotatable bonds is 2. The molecule has 1 aromatic carbocycles. The Morgan fingerprint density at radius 2 is 2.05 bits per heavy atom. The maximum Gasteiger partial charge on any atom is 0.178 e. The molecule has 2 unspecified atom stereocenters. The summed E-state index contributed by atoms with van der Waals surface area (Å²) in [4.78, 5) is 3.37. The van der Waals surface area contributed by atoms with Crippen molar-refractivity contribution in [3.63, 3.8) is 0 Å². The van der Waals surface area contributed by atoms with E-state index in [9.17, 15) is 0 Å². The highest BCUT2D eigenvalue weighted by atomic mass is 79.9. The third-order valence-corrected chi connectivity index (χ3v) is 5.44. The van der Waals surface area contributed by atoms with Crippen molar-refractivity contribution in [1.29, 1.82) is 0 Å². The molecule has 0 radical (unpaired) electrons. The highest BCUT2D eigenvalue weighted by molar-refractivity contribution is 9.10. The topological polar surface area (TPSA) is 20.7 Å². The van der Waals surface area contributed by atoms with Gasteiger partial charge in [0, 0.05) is 10.5 Å². The van der Waals surface area contributed by atoms with Crippen LogP contribution in [0.2, 0.25) is 0 Å². The molecule has 0 spiro atoms. The van der Waals surface area contributed by atoms with Gasteiger partial charge in [-0.05, 0) is 55.1 Å². The van der Waals surface area contributed by atoms with Gasteiger partial charge in [-0.2, -0.15) is 0 Å². The van der Waals surface area contributed by atoms with Crippen molar-refractivity contribution in [1.82, 2.24) is 9.55 Å². The molecule has 1 aliphatic carbocycles. The van der Waals surface area contributed by atoms with Gasteiger partial charge in [0.1, 0.15) is 0 Å². The molecule has 1 heterocycles. The average Bonchev–Trinajstić information content (AvgIpc) is 2.73. The quantitative estimate of drug-likeness (QED) is 0.672. The molecule has 20 heavy (non-hydrogen) atoms. The van der Waals surface area contributed by atoms with Crippen LogP contribution in [0.4, 0.5) is 0 Å². The number of halogens is 1. The summed E-state index contributed by atoms with van der Waals surface area (Å²) in [7, 11) is 0. The van der Waals surface area contributed by atoms with Gasteiger partial charge in [-0.1, -0.05) is 42.6 Å². The summed E-state index contributed by atoms with van der Waals surface area (Å²) in [5.74, 6) is 1.45. The first-order chi connectivity index (χ1) is 9.58. The summed E-state index contributed by atoms with van der Waals surface area (Å²) >= 11 is 9.14. The Morgan fingerprint density at radius 3 is 2.80 bits per heavy atom. The fourth-order valence-electron chi connectivity index (χ4n) is 3.67. The summed E-state index contributed by atoms with van der Waals surface area (Å²) in [6.45, 7) is 4.69. The Balaban J connectivity index is 2.12. The lowest BCUT2D eigenvalue weighted by molar-refractivity contribution is 0.186. The number of H-pyrrole nitrogens is 1. The molecule has 0 amide bonds. The van der Waals surface area contributed by atoms with Crippen LogP contribution in [0, 0.1) is 16.6 Å². The number of aromatic nitrogens is 2. The largest absolute Gasteiger partial charge is 0.331 e. The molecule has 1 N–H and O–H groups in total. The minimum Gasteiger partial charge on any atom is -0.331 e. The number of hydrogen-bond donors (Lipinski definition) is 1. The Morgan fingerprint density at radius 1 is 1.30 bits per heavy atom. The number of imidazole rings is 1. The molecule has 1 aliphatic rings. The van der Waals surface area contributed by atoms with Crippen LogP contribution in [0.3, 0.4) is 0 Å². The molecule has 0 saturated heterocycles. The van der Waals surface area contributed by atoms with Crippen molar-refractivity contribution >= 4 is 39.2 Å². The number of aromatic amines is 1. The van der Waals surface area contributed by atoms with E-state index < -0.39 is 0 Å². The van der Waals surface area contributed by atoms with E-state index in [1.165, 1.54) is 31.2 Å². The van der Waals surface area contributed by atoms with Crippen molar-refractivity contribution in [2.45, 2.75) is 45.6 Å². The van der Waals surface area contributed by atoms with Gasteiger partial charge in [0.15, 0.2) is 4.77 Å². The Kier molecular flexibility index (Phi) is 4.04. The van der Waals surface area contributed by atoms with E-state index in [2.05, 4.69) is 57.5 Å². The first kappa shape index (κ1) is 14.3. The molecular formula is C16H21BrN2S. The number of hydrogen-bond acceptors (Lipinski definition) is 1. The van der Waals surface area contributed by atoms with Crippen LogP contribution in [0.15, 0.2) is 22.7 Å². The minimum absolute atomic E-state index is 0.547. The molecular weight excluding hydrogens is 332 g/mol. The van der Waals surface area contributed by atoms with Crippen LogP contribution >= 0.6 is 28.1 Å². The van der Waals surface area contributed by atoms with Crippen LogP contribution in [-0.4, -0.2) is 9.55 Å². The summed E-state index contributed by atoms with van der Waals surface area (Å²) in [5.41, 5.74) is 2.38. The Bertz CT molecular complexity index is 671. The third kappa shape index (κ3) is 2.48. The maximum atomic E-state index is 5.61. The summed E-state index contributed by atoms with van der Waals surface area (Å²) in [5, 5.41) is 0. The van der Waals surface area contributed by atoms with Crippen LogP contribution in [0.25, 0.3) is 11.0 Å². The first-order valence-electron chi connectivity index (χ1n) is 7.47. The van der Waals surface area contributed by atoms with Crippen LogP contribution in [0.5, 0.6) is 0 Å².